The fourth-order valence-corrected chi connectivity index (χ4v) is 8.98. The number of ketones is 1. The number of hydrogen-bond donors (Lipinski definition) is 1. The summed E-state index contributed by atoms with van der Waals surface area (Å²) >= 11 is 1.57. The number of ether oxygens (including phenoxy) is 5. The quantitative estimate of drug-likeness (QED) is 0.219. The van der Waals surface area contributed by atoms with E-state index in [4.69, 9.17) is 23.7 Å². The number of allylic oxidation sites excluding steroid dienone is 1. The molecule has 0 radical (unpaired) electrons. The first-order valence-electron chi connectivity index (χ1n) is 16.3. The van der Waals surface area contributed by atoms with Crippen molar-refractivity contribution in [3.05, 3.63) is 11.1 Å². The van der Waals surface area contributed by atoms with Gasteiger partial charge in [0.2, 0.25) is 0 Å². The number of aliphatic hydroxyl groups is 1. The van der Waals surface area contributed by atoms with Crippen LogP contribution in [0.4, 0.5) is 4.79 Å². The number of nitrogens with zero attached hydrogens (tertiary/aromatic N) is 1. The topological polar surface area (TPSA) is 104 Å². The Hall–Kier alpha value is -1.17. The molecule has 10 heteroatoms. The molecule has 5 aliphatic rings. The number of carbonyl (C=O) groups excluding carboxylic acids is 2. The zero-order valence-electron chi connectivity index (χ0n) is 27.7. The van der Waals surface area contributed by atoms with E-state index >= 15 is 4.79 Å². The van der Waals surface area contributed by atoms with E-state index in [9.17, 15) is 9.90 Å². The number of morpholine rings is 1. The van der Waals surface area contributed by atoms with Crippen molar-refractivity contribution in [1.29, 1.82) is 0 Å². The summed E-state index contributed by atoms with van der Waals surface area (Å²) in [7, 11) is 0. The summed E-state index contributed by atoms with van der Waals surface area (Å²) in [6.07, 6.45) is 3.09. The fraction of sp³-hybridized carbons (Fsp3) is 0.879. The Morgan fingerprint density at radius 1 is 1.19 bits per heavy atom. The van der Waals surface area contributed by atoms with E-state index in [1.54, 1.807) is 18.7 Å². The van der Waals surface area contributed by atoms with E-state index in [0.29, 0.717) is 44.8 Å². The molecule has 5 rings (SSSR count). The maximum atomic E-state index is 15.3. The first-order valence-corrected chi connectivity index (χ1v) is 17.7. The summed E-state index contributed by atoms with van der Waals surface area (Å²) < 4.78 is 29.5. The number of rotatable bonds is 8. The highest BCUT2D eigenvalue weighted by Crippen LogP contribution is 2.64. The zero-order chi connectivity index (χ0) is 31.6. The SMILES string of the molecule is CC.CCOC(=O)O[C@@]12CO[C@@H]1C[C@H](OCSC)[C@@]1(C)C(=O)C(CCN3CCOCC3)C3=C(C)CC[C@@](O)(CC12)C3(C)C. The lowest BCUT2D eigenvalue weighted by atomic mass is 9.44. The van der Waals surface area contributed by atoms with Crippen LogP contribution in [0.15, 0.2) is 11.1 Å². The number of fused-ring (bicyclic) bond motifs is 5. The van der Waals surface area contributed by atoms with Crippen LogP contribution < -0.4 is 0 Å². The first-order chi connectivity index (χ1) is 20.4. The standard InChI is InChI=1S/C31H49NO8S.C2H6/c1-7-37-27(34)40-31-18-38-24(31)16-23(39-19-41-6)29(5)22(31)17-30(35)10-8-20(2)25(28(30,3)4)21(26(29)33)9-11-32-12-14-36-15-13-32;1-2/h21-24,35H,7-19H2,1-6H3;1-2H3/t21?,22?,23-,24+,29-,30+,31+;/m0./s1. The molecule has 0 aromatic rings. The van der Waals surface area contributed by atoms with Crippen molar-refractivity contribution in [2.75, 3.05) is 58.3 Å². The van der Waals surface area contributed by atoms with Crippen molar-refractivity contribution < 1.29 is 38.4 Å². The maximum absolute atomic E-state index is 15.3. The molecule has 9 nitrogen and oxygen atoms in total. The Bertz CT molecular complexity index is 1040. The zero-order valence-corrected chi connectivity index (χ0v) is 28.5. The summed E-state index contributed by atoms with van der Waals surface area (Å²) in [6.45, 7) is 18.3. The molecule has 0 amide bonds. The van der Waals surface area contributed by atoms with E-state index in [-0.39, 0.29) is 24.9 Å². The van der Waals surface area contributed by atoms with E-state index in [1.807, 2.05) is 27.0 Å². The van der Waals surface area contributed by atoms with Gasteiger partial charge in [-0.1, -0.05) is 38.8 Å². The second-order valence-electron chi connectivity index (χ2n) is 13.4. The van der Waals surface area contributed by atoms with Crippen LogP contribution in [0, 0.1) is 22.7 Å². The molecular weight excluding hydrogens is 570 g/mol. The van der Waals surface area contributed by atoms with Gasteiger partial charge in [-0.2, -0.15) is 0 Å². The van der Waals surface area contributed by atoms with Crippen LogP contribution in [-0.2, 0) is 28.5 Å². The summed E-state index contributed by atoms with van der Waals surface area (Å²) in [5.74, 6) is -0.314. The molecule has 2 aliphatic heterocycles. The lowest BCUT2D eigenvalue weighted by Crippen LogP contribution is -2.77. The van der Waals surface area contributed by atoms with Gasteiger partial charge in [0.05, 0.1) is 49.5 Å². The normalized spacial score (nSPS) is 38.8. The summed E-state index contributed by atoms with van der Waals surface area (Å²) in [5, 5.41) is 12.6. The summed E-state index contributed by atoms with van der Waals surface area (Å²) in [5.41, 5.74) is -1.52. The highest BCUT2D eigenvalue weighted by atomic mass is 32.2. The highest BCUT2D eigenvalue weighted by Gasteiger charge is 2.73. The predicted octanol–water partition coefficient (Wildman–Crippen LogP) is 5.23. The Morgan fingerprint density at radius 3 is 2.49 bits per heavy atom. The van der Waals surface area contributed by atoms with Gasteiger partial charge >= 0.3 is 6.16 Å². The predicted molar refractivity (Wildman–Crippen MR) is 167 cm³/mol. The van der Waals surface area contributed by atoms with E-state index in [0.717, 1.165) is 31.6 Å². The molecule has 4 fully saturated rings. The van der Waals surface area contributed by atoms with Gasteiger partial charge in [0.15, 0.2) is 5.60 Å². The fourth-order valence-electron chi connectivity index (χ4n) is 8.68. The number of Topliss-reactive ketones (excluding diaryl/α,β-unsaturated/α-hetero) is 1. The molecule has 2 bridgehead atoms. The average Bonchev–Trinajstić information content (AvgIpc) is 2.98. The van der Waals surface area contributed by atoms with Crippen molar-refractivity contribution in [3.8, 4) is 0 Å². The van der Waals surface area contributed by atoms with E-state index in [2.05, 4.69) is 25.7 Å². The monoisotopic (exact) mass is 625 g/mol. The molecule has 2 heterocycles. The molecule has 2 unspecified atom stereocenters. The Labute approximate surface area is 262 Å². The molecule has 2 saturated heterocycles. The van der Waals surface area contributed by atoms with Crippen molar-refractivity contribution in [3.63, 3.8) is 0 Å². The average molecular weight is 626 g/mol. The van der Waals surface area contributed by atoms with Crippen LogP contribution in [-0.4, -0.2) is 104 Å². The van der Waals surface area contributed by atoms with Gasteiger partial charge in [-0.15, -0.1) is 11.8 Å². The second-order valence-corrected chi connectivity index (χ2v) is 14.2. The lowest BCUT2D eigenvalue weighted by molar-refractivity contribution is -0.326. The molecule has 2 saturated carbocycles. The van der Waals surface area contributed by atoms with Crippen LogP contribution in [0.1, 0.15) is 80.6 Å². The first kappa shape index (κ1) is 34.7. The van der Waals surface area contributed by atoms with Gasteiger partial charge in [-0.3, -0.25) is 9.69 Å². The molecule has 3 aliphatic carbocycles. The van der Waals surface area contributed by atoms with Crippen molar-refractivity contribution in [2.45, 2.75) is 104 Å². The summed E-state index contributed by atoms with van der Waals surface area (Å²) in [6, 6.07) is 0. The van der Waals surface area contributed by atoms with Gasteiger partial charge in [-0.25, -0.2) is 4.79 Å². The number of thioether (sulfide) groups is 1. The molecule has 7 atom stereocenters. The minimum absolute atomic E-state index is 0.130. The third-order valence-electron chi connectivity index (χ3n) is 11.2. The summed E-state index contributed by atoms with van der Waals surface area (Å²) in [4.78, 5) is 30.5. The second kappa shape index (κ2) is 13.7. The van der Waals surface area contributed by atoms with Gasteiger partial charge in [0.25, 0.3) is 0 Å². The minimum atomic E-state index is -1.10. The highest BCUT2D eigenvalue weighted by molar-refractivity contribution is 7.98. The maximum Gasteiger partial charge on any atom is 0.509 e. The van der Waals surface area contributed by atoms with Crippen molar-refractivity contribution in [2.24, 2.45) is 22.7 Å². The van der Waals surface area contributed by atoms with Gasteiger partial charge < -0.3 is 28.8 Å². The molecule has 1 N–H and O–H groups in total. The van der Waals surface area contributed by atoms with Crippen LogP contribution >= 0.6 is 11.8 Å². The Kier molecular flexibility index (Phi) is 11.0. The van der Waals surface area contributed by atoms with E-state index < -0.39 is 46.3 Å². The van der Waals surface area contributed by atoms with Crippen LogP contribution in [0.2, 0.25) is 0 Å². The molecule has 43 heavy (non-hydrogen) atoms. The number of carbonyl (C=O) groups is 2. The third-order valence-corrected chi connectivity index (χ3v) is 11.5. The van der Waals surface area contributed by atoms with Crippen LogP contribution in [0.25, 0.3) is 0 Å². The number of hydrogen-bond acceptors (Lipinski definition) is 10. The van der Waals surface area contributed by atoms with E-state index in [1.165, 1.54) is 5.57 Å². The Balaban J connectivity index is 0.00000207. The molecule has 0 spiro atoms. The van der Waals surface area contributed by atoms with Crippen LogP contribution in [0.3, 0.4) is 0 Å². The van der Waals surface area contributed by atoms with Crippen molar-refractivity contribution in [1.82, 2.24) is 4.90 Å². The van der Waals surface area contributed by atoms with Gasteiger partial charge in [-0.05, 0) is 59.3 Å². The largest absolute Gasteiger partial charge is 0.509 e. The molecule has 0 aromatic carbocycles. The molecule has 246 valence electrons. The lowest BCUT2D eigenvalue weighted by Gasteiger charge is -2.66. The third kappa shape index (κ3) is 5.94. The smallest absolute Gasteiger partial charge is 0.435 e. The van der Waals surface area contributed by atoms with Crippen LogP contribution in [0.5, 0.6) is 0 Å². The Morgan fingerprint density at radius 2 is 1.88 bits per heavy atom. The molecule has 0 aromatic heterocycles. The van der Waals surface area contributed by atoms with Gasteiger partial charge in [0.1, 0.15) is 11.9 Å². The van der Waals surface area contributed by atoms with Crippen molar-refractivity contribution >= 4 is 23.7 Å². The van der Waals surface area contributed by atoms with Gasteiger partial charge in [0, 0.05) is 36.8 Å². The minimum Gasteiger partial charge on any atom is -0.435 e. The molecular formula is C33H55NO8S.